The van der Waals surface area contributed by atoms with Crippen molar-refractivity contribution < 1.29 is 13.2 Å². The van der Waals surface area contributed by atoms with Crippen molar-refractivity contribution in [3.8, 4) is 0 Å². The van der Waals surface area contributed by atoms with E-state index in [1.165, 1.54) is 33.1 Å². The predicted molar refractivity (Wildman–Crippen MR) is 72.1 cm³/mol. The molecule has 9 heteroatoms. The molecule has 1 aromatic rings. The lowest BCUT2D eigenvalue weighted by Crippen LogP contribution is -2.52. The van der Waals surface area contributed by atoms with Crippen LogP contribution in [0.4, 0.5) is 0 Å². The Balaban J connectivity index is 2.34. The fourth-order valence-corrected chi connectivity index (χ4v) is 4.71. The number of carbonyl (C=O) groups excluding carboxylic acids is 1. The summed E-state index contributed by atoms with van der Waals surface area (Å²) in [6.45, 7) is 2.75. The highest BCUT2D eigenvalue weighted by Crippen LogP contribution is 2.24. The number of nitrogens with zero attached hydrogens (tertiary/aromatic N) is 3. The van der Waals surface area contributed by atoms with Crippen molar-refractivity contribution in [2.24, 2.45) is 5.73 Å². The van der Waals surface area contributed by atoms with Crippen LogP contribution in [0.15, 0.2) is 17.3 Å². The Kier molecular flexibility index (Phi) is 4.16. The lowest BCUT2D eigenvalue weighted by Gasteiger charge is -2.31. The zero-order valence-corrected chi connectivity index (χ0v) is 12.2. The van der Waals surface area contributed by atoms with Gasteiger partial charge in [-0.15, -0.1) is 0 Å². The number of hydrogen-bond donors (Lipinski definition) is 1. The topological polar surface area (TPSA) is 98.3 Å². The Bertz CT molecular complexity index is 569. The zero-order chi connectivity index (χ0) is 14.0. The van der Waals surface area contributed by atoms with Crippen LogP contribution in [0.2, 0.25) is 0 Å². The lowest BCUT2D eigenvalue weighted by atomic mass is 10.3. The Morgan fingerprint density at radius 1 is 1.63 bits per heavy atom. The van der Waals surface area contributed by atoms with Crippen molar-refractivity contribution in [1.82, 2.24) is 14.1 Å². The zero-order valence-electron chi connectivity index (χ0n) is 10.5. The van der Waals surface area contributed by atoms with Crippen LogP contribution >= 0.6 is 11.8 Å². The number of carbonyl (C=O) groups is 1. The number of nitrogens with two attached hydrogens (primary N) is 1. The van der Waals surface area contributed by atoms with Gasteiger partial charge in [-0.25, -0.2) is 8.42 Å². The minimum Gasteiger partial charge on any atom is -0.368 e. The van der Waals surface area contributed by atoms with Crippen molar-refractivity contribution in [2.75, 3.05) is 18.1 Å². The van der Waals surface area contributed by atoms with Gasteiger partial charge >= 0.3 is 0 Å². The first kappa shape index (κ1) is 14.4. The lowest BCUT2D eigenvalue weighted by molar-refractivity contribution is -0.121. The number of aromatic nitrogens is 2. The van der Waals surface area contributed by atoms with Gasteiger partial charge in [-0.1, -0.05) is 0 Å². The van der Waals surface area contributed by atoms with Gasteiger partial charge in [-0.05, 0) is 6.92 Å². The predicted octanol–water partition coefficient (Wildman–Crippen LogP) is -0.506. The Labute approximate surface area is 116 Å². The average molecular weight is 304 g/mol. The van der Waals surface area contributed by atoms with Crippen LogP contribution < -0.4 is 5.73 Å². The monoisotopic (exact) mass is 304 g/mol. The molecule has 0 radical (unpaired) electrons. The summed E-state index contributed by atoms with van der Waals surface area (Å²) in [6, 6.07) is -0.784. The molecular weight excluding hydrogens is 288 g/mol. The van der Waals surface area contributed by atoms with E-state index in [4.69, 9.17) is 5.73 Å². The Hall–Kier alpha value is -1.06. The van der Waals surface area contributed by atoms with Crippen LogP contribution in [0.5, 0.6) is 0 Å². The summed E-state index contributed by atoms with van der Waals surface area (Å²) in [6.07, 6.45) is 2.77. The minimum atomic E-state index is -3.71. The third-order valence-corrected chi connectivity index (χ3v) is 5.83. The van der Waals surface area contributed by atoms with Gasteiger partial charge in [0.2, 0.25) is 15.9 Å². The van der Waals surface area contributed by atoms with Gasteiger partial charge in [0.05, 0.1) is 6.20 Å². The molecule has 1 aromatic heterocycles. The molecule has 2 heterocycles. The molecule has 0 aromatic carbocycles. The number of hydrogen-bond acceptors (Lipinski definition) is 5. The van der Waals surface area contributed by atoms with Gasteiger partial charge in [-0.3, -0.25) is 9.48 Å². The summed E-state index contributed by atoms with van der Waals surface area (Å²) in [5, 5.41) is 3.96. The van der Waals surface area contributed by atoms with Crippen LogP contribution in [0.3, 0.4) is 0 Å². The molecule has 1 aliphatic rings. The number of sulfonamides is 1. The van der Waals surface area contributed by atoms with Gasteiger partial charge in [0.25, 0.3) is 0 Å². The standard InChI is InChI=1S/C10H16N4O3S2/c1-2-13-6-8(5-12-13)19(16,17)14-3-4-18-7-9(14)10(11)15/h5-6,9H,2-4,7H2,1H3,(H2,11,15)/t9-/m0/s1. The normalized spacial score (nSPS) is 21.4. The maximum atomic E-state index is 12.5. The summed E-state index contributed by atoms with van der Waals surface area (Å²) in [5.74, 6) is 0.445. The largest absolute Gasteiger partial charge is 0.368 e. The summed E-state index contributed by atoms with van der Waals surface area (Å²) >= 11 is 1.53. The number of rotatable bonds is 4. The van der Waals surface area contributed by atoms with Crippen LogP contribution in [-0.2, 0) is 21.4 Å². The van der Waals surface area contributed by atoms with E-state index in [2.05, 4.69) is 5.10 Å². The number of primary amides is 1. The molecule has 0 unspecified atom stereocenters. The highest BCUT2D eigenvalue weighted by molar-refractivity contribution is 7.99. The van der Waals surface area contributed by atoms with Gasteiger partial charge in [0, 0.05) is 30.8 Å². The van der Waals surface area contributed by atoms with Gasteiger partial charge < -0.3 is 5.73 Å². The molecule has 2 N–H and O–H groups in total. The number of thioether (sulfide) groups is 1. The van der Waals surface area contributed by atoms with Crippen molar-refractivity contribution in [2.45, 2.75) is 24.4 Å². The van der Waals surface area contributed by atoms with Crippen LogP contribution in [0.1, 0.15) is 6.92 Å². The molecule has 0 aliphatic carbocycles. The van der Waals surface area contributed by atoms with E-state index in [1.807, 2.05) is 6.92 Å². The summed E-state index contributed by atoms with van der Waals surface area (Å²) in [7, 11) is -3.71. The maximum absolute atomic E-state index is 12.5. The molecule has 0 bridgehead atoms. The molecule has 0 saturated carbocycles. The molecule has 2 rings (SSSR count). The molecule has 106 valence electrons. The third-order valence-electron chi connectivity index (χ3n) is 2.95. The van der Waals surface area contributed by atoms with Gasteiger partial charge in [0.15, 0.2) is 0 Å². The van der Waals surface area contributed by atoms with Gasteiger partial charge in [-0.2, -0.15) is 21.2 Å². The quantitative estimate of drug-likeness (QED) is 0.808. The van der Waals surface area contributed by atoms with Gasteiger partial charge in [0.1, 0.15) is 10.9 Å². The smallest absolute Gasteiger partial charge is 0.246 e. The molecule has 1 fully saturated rings. The van der Waals surface area contributed by atoms with Crippen molar-refractivity contribution in [1.29, 1.82) is 0 Å². The van der Waals surface area contributed by atoms with E-state index in [0.717, 1.165) is 0 Å². The second-order valence-electron chi connectivity index (χ2n) is 4.14. The Morgan fingerprint density at radius 2 is 2.37 bits per heavy atom. The molecule has 1 amide bonds. The molecule has 19 heavy (non-hydrogen) atoms. The minimum absolute atomic E-state index is 0.104. The summed E-state index contributed by atoms with van der Waals surface area (Å²) in [4.78, 5) is 11.5. The SMILES string of the molecule is CCn1cc(S(=O)(=O)N2CCSC[C@H]2C(N)=O)cn1. The van der Waals surface area contributed by atoms with Crippen molar-refractivity contribution >= 4 is 27.7 Å². The molecule has 1 aliphatic heterocycles. The Morgan fingerprint density at radius 3 is 2.95 bits per heavy atom. The number of aryl methyl sites for hydroxylation is 1. The van der Waals surface area contributed by atoms with E-state index in [0.29, 0.717) is 18.1 Å². The van der Waals surface area contributed by atoms with Crippen molar-refractivity contribution in [3.05, 3.63) is 12.4 Å². The van der Waals surface area contributed by atoms with E-state index in [-0.39, 0.29) is 11.4 Å². The number of amides is 1. The van der Waals surface area contributed by atoms with E-state index in [9.17, 15) is 13.2 Å². The highest BCUT2D eigenvalue weighted by Gasteiger charge is 2.37. The fourth-order valence-electron chi connectivity index (χ4n) is 1.89. The molecule has 7 nitrogen and oxygen atoms in total. The third kappa shape index (κ3) is 2.77. The van der Waals surface area contributed by atoms with E-state index in [1.54, 1.807) is 0 Å². The second kappa shape index (κ2) is 5.51. The summed E-state index contributed by atoms with van der Waals surface area (Å²) < 4.78 is 27.7. The fraction of sp³-hybridized carbons (Fsp3) is 0.600. The van der Waals surface area contributed by atoms with E-state index >= 15 is 0 Å². The average Bonchev–Trinajstić information content (AvgIpc) is 2.88. The molecule has 0 spiro atoms. The highest BCUT2D eigenvalue weighted by atomic mass is 32.2. The molecule has 1 saturated heterocycles. The van der Waals surface area contributed by atoms with Crippen LogP contribution in [0.25, 0.3) is 0 Å². The maximum Gasteiger partial charge on any atom is 0.246 e. The van der Waals surface area contributed by atoms with Crippen molar-refractivity contribution in [3.63, 3.8) is 0 Å². The first-order valence-corrected chi connectivity index (χ1v) is 8.47. The molecule has 1 atom stereocenters. The first-order chi connectivity index (χ1) is 8.96. The van der Waals surface area contributed by atoms with Crippen LogP contribution in [-0.4, -0.2) is 52.5 Å². The van der Waals surface area contributed by atoms with Crippen LogP contribution in [0, 0.1) is 0 Å². The second-order valence-corrected chi connectivity index (χ2v) is 7.18. The van der Waals surface area contributed by atoms with E-state index < -0.39 is 22.0 Å². The summed E-state index contributed by atoms with van der Waals surface area (Å²) in [5.41, 5.74) is 5.28. The molecular formula is C10H16N4O3S2. The first-order valence-electron chi connectivity index (χ1n) is 5.88.